The lowest BCUT2D eigenvalue weighted by Gasteiger charge is -2.47. The largest absolute Gasteiger partial charge is 0.481 e. The molecule has 4 fully saturated rings. The van der Waals surface area contributed by atoms with Crippen LogP contribution in [0.3, 0.4) is 0 Å². The second-order valence-electron chi connectivity index (χ2n) is 9.22. The minimum atomic E-state index is -0.922. The standard InChI is InChI=1S/C20H33N3O3/c1-23(2)10-4-9-21-14-8-7-12-15-11(14)5-3-6-13(15)18-16(12)17(20(25)26)19(24)22-18/h11-18,21H,3-10H2,1-2H3,(H,22,24)(H,25,26). The van der Waals surface area contributed by atoms with Crippen LogP contribution in [0.4, 0.5) is 0 Å². The summed E-state index contributed by atoms with van der Waals surface area (Å²) in [4.78, 5) is 26.2. The van der Waals surface area contributed by atoms with E-state index in [4.69, 9.17) is 0 Å². The van der Waals surface area contributed by atoms with Crippen molar-refractivity contribution >= 4 is 11.9 Å². The molecule has 8 atom stereocenters. The van der Waals surface area contributed by atoms with E-state index in [9.17, 15) is 14.7 Å². The molecule has 3 saturated carbocycles. The van der Waals surface area contributed by atoms with Gasteiger partial charge in [-0.05, 0) is 83.0 Å². The molecular weight excluding hydrogens is 330 g/mol. The van der Waals surface area contributed by atoms with E-state index >= 15 is 0 Å². The predicted octanol–water partition coefficient (Wildman–Crippen LogP) is 1.17. The summed E-state index contributed by atoms with van der Waals surface area (Å²) >= 11 is 0. The highest BCUT2D eigenvalue weighted by Gasteiger charge is 2.64. The minimum Gasteiger partial charge on any atom is -0.481 e. The Kier molecular flexibility index (Phi) is 4.99. The molecule has 1 saturated heterocycles. The molecule has 8 unspecified atom stereocenters. The van der Waals surface area contributed by atoms with Crippen LogP contribution in [-0.4, -0.2) is 61.2 Å². The first-order valence-corrected chi connectivity index (χ1v) is 10.4. The molecule has 1 amide bonds. The summed E-state index contributed by atoms with van der Waals surface area (Å²) in [5, 5.41) is 16.5. The first-order valence-electron chi connectivity index (χ1n) is 10.4. The number of rotatable bonds is 6. The lowest BCUT2D eigenvalue weighted by Crippen LogP contribution is -2.50. The van der Waals surface area contributed by atoms with Gasteiger partial charge in [-0.15, -0.1) is 0 Å². The van der Waals surface area contributed by atoms with Crippen LogP contribution in [-0.2, 0) is 9.59 Å². The van der Waals surface area contributed by atoms with Gasteiger partial charge in [-0.25, -0.2) is 0 Å². The Morgan fingerprint density at radius 2 is 1.92 bits per heavy atom. The second kappa shape index (κ2) is 7.12. The summed E-state index contributed by atoms with van der Waals surface area (Å²) in [6.07, 6.45) is 6.99. The predicted molar refractivity (Wildman–Crippen MR) is 98.6 cm³/mol. The summed E-state index contributed by atoms with van der Waals surface area (Å²) in [6.45, 7) is 2.16. The van der Waals surface area contributed by atoms with E-state index in [-0.39, 0.29) is 17.9 Å². The molecule has 0 aromatic rings. The van der Waals surface area contributed by atoms with E-state index < -0.39 is 11.9 Å². The number of carboxylic acids is 1. The molecule has 4 aliphatic rings. The summed E-state index contributed by atoms with van der Waals surface area (Å²) in [7, 11) is 4.22. The smallest absolute Gasteiger partial charge is 0.316 e. The van der Waals surface area contributed by atoms with Gasteiger partial charge in [0.05, 0.1) is 0 Å². The Morgan fingerprint density at radius 3 is 2.65 bits per heavy atom. The highest BCUT2D eigenvalue weighted by molar-refractivity contribution is 5.99. The molecule has 0 radical (unpaired) electrons. The molecule has 6 nitrogen and oxygen atoms in total. The number of aliphatic carboxylic acids is 1. The van der Waals surface area contributed by atoms with E-state index in [0.29, 0.717) is 29.7 Å². The van der Waals surface area contributed by atoms with Crippen molar-refractivity contribution in [1.82, 2.24) is 15.5 Å². The normalized spacial score (nSPS) is 43.9. The Morgan fingerprint density at radius 1 is 1.15 bits per heavy atom. The van der Waals surface area contributed by atoms with Crippen LogP contribution in [0.2, 0.25) is 0 Å². The third kappa shape index (κ3) is 2.95. The van der Waals surface area contributed by atoms with Gasteiger partial charge in [0, 0.05) is 18.0 Å². The molecule has 0 spiro atoms. The maximum Gasteiger partial charge on any atom is 0.316 e. The summed E-state index contributed by atoms with van der Waals surface area (Å²) in [6, 6.07) is 0.674. The van der Waals surface area contributed by atoms with Crippen molar-refractivity contribution in [2.45, 2.75) is 50.6 Å². The number of amides is 1. The third-order valence-electron chi connectivity index (χ3n) is 7.69. The van der Waals surface area contributed by atoms with Crippen LogP contribution in [0, 0.1) is 35.5 Å². The Bertz CT molecular complexity index is 567. The number of hydrogen-bond acceptors (Lipinski definition) is 4. The fraction of sp³-hybridized carbons (Fsp3) is 0.900. The Balaban J connectivity index is 1.47. The molecule has 3 N–H and O–H groups in total. The van der Waals surface area contributed by atoms with Gasteiger partial charge in [0.2, 0.25) is 5.91 Å². The zero-order valence-electron chi connectivity index (χ0n) is 16.0. The fourth-order valence-corrected chi connectivity index (χ4v) is 6.89. The number of carbonyl (C=O) groups is 2. The lowest BCUT2D eigenvalue weighted by atomic mass is 9.61. The van der Waals surface area contributed by atoms with Gasteiger partial charge in [0.15, 0.2) is 0 Å². The van der Waals surface area contributed by atoms with E-state index in [0.717, 1.165) is 38.8 Å². The molecule has 146 valence electrons. The van der Waals surface area contributed by atoms with Gasteiger partial charge in [0.25, 0.3) is 0 Å². The fourth-order valence-electron chi connectivity index (χ4n) is 6.89. The van der Waals surface area contributed by atoms with Gasteiger partial charge in [-0.3, -0.25) is 9.59 Å². The molecule has 4 rings (SSSR count). The van der Waals surface area contributed by atoms with Gasteiger partial charge < -0.3 is 20.6 Å². The van der Waals surface area contributed by atoms with Crippen LogP contribution < -0.4 is 10.6 Å². The summed E-state index contributed by atoms with van der Waals surface area (Å²) < 4.78 is 0. The third-order valence-corrected chi connectivity index (χ3v) is 7.69. The number of fused-ring (bicyclic) bond motifs is 3. The van der Waals surface area contributed by atoms with Gasteiger partial charge >= 0.3 is 5.97 Å². The van der Waals surface area contributed by atoms with E-state index in [2.05, 4.69) is 29.6 Å². The van der Waals surface area contributed by atoms with Gasteiger partial charge in [0.1, 0.15) is 5.92 Å². The Labute approximate surface area is 156 Å². The van der Waals surface area contributed by atoms with Crippen molar-refractivity contribution in [2.24, 2.45) is 35.5 Å². The molecule has 1 aliphatic heterocycles. The van der Waals surface area contributed by atoms with Crippen LogP contribution >= 0.6 is 0 Å². The summed E-state index contributed by atoms with van der Waals surface area (Å²) in [5.41, 5.74) is 0. The van der Waals surface area contributed by atoms with Crippen molar-refractivity contribution in [1.29, 1.82) is 0 Å². The van der Waals surface area contributed by atoms with Crippen molar-refractivity contribution < 1.29 is 14.7 Å². The summed E-state index contributed by atoms with van der Waals surface area (Å²) in [5.74, 6) is 0.195. The SMILES string of the molecule is CN(C)CCCNC1CCC2C3C1CCCC3C1NC(=O)C(C(=O)O)C21. The van der Waals surface area contributed by atoms with Gasteiger partial charge in [-0.1, -0.05) is 6.42 Å². The number of nitrogens with one attached hydrogen (secondary N) is 2. The Hall–Kier alpha value is -1.14. The average Bonchev–Trinajstić information content (AvgIpc) is 3.08. The molecule has 0 bridgehead atoms. The van der Waals surface area contributed by atoms with Crippen molar-refractivity contribution in [3.05, 3.63) is 0 Å². The number of hydrogen-bond donors (Lipinski definition) is 3. The monoisotopic (exact) mass is 363 g/mol. The molecule has 26 heavy (non-hydrogen) atoms. The second-order valence-corrected chi connectivity index (χ2v) is 9.22. The number of carbonyl (C=O) groups excluding carboxylic acids is 1. The van der Waals surface area contributed by atoms with E-state index in [1.807, 2.05) is 0 Å². The van der Waals surface area contributed by atoms with E-state index in [1.54, 1.807) is 0 Å². The molecular formula is C20H33N3O3. The molecule has 0 aromatic carbocycles. The molecule has 1 heterocycles. The zero-order valence-corrected chi connectivity index (χ0v) is 16.0. The minimum absolute atomic E-state index is 0.0188. The van der Waals surface area contributed by atoms with E-state index in [1.165, 1.54) is 12.8 Å². The van der Waals surface area contributed by atoms with Crippen molar-refractivity contribution in [2.75, 3.05) is 27.2 Å². The molecule has 3 aliphatic carbocycles. The zero-order chi connectivity index (χ0) is 18.4. The first kappa shape index (κ1) is 18.2. The molecule has 6 heteroatoms. The maximum absolute atomic E-state index is 12.3. The number of carboxylic acid groups (broad SMARTS) is 1. The number of nitrogens with zero attached hydrogens (tertiary/aromatic N) is 1. The van der Waals surface area contributed by atoms with Crippen LogP contribution in [0.25, 0.3) is 0 Å². The van der Waals surface area contributed by atoms with Crippen LogP contribution in [0.1, 0.15) is 38.5 Å². The molecule has 0 aromatic heterocycles. The highest BCUT2D eigenvalue weighted by Crippen LogP contribution is 2.60. The average molecular weight is 364 g/mol. The first-order chi connectivity index (χ1) is 12.5. The van der Waals surface area contributed by atoms with Crippen molar-refractivity contribution in [3.8, 4) is 0 Å². The topological polar surface area (TPSA) is 81.7 Å². The highest BCUT2D eigenvalue weighted by atomic mass is 16.4. The quantitative estimate of drug-likeness (QED) is 0.487. The van der Waals surface area contributed by atoms with Crippen molar-refractivity contribution in [3.63, 3.8) is 0 Å². The van der Waals surface area contributed by atoms with Gasteiger partial charge in [-0.2, -0.15) is 0 Å². The van der Waals surface area contributed by atoms with Crippen LogP contribution in [0.15, 0.2) is 0 Å². The van der Waals surface area contributed by atoms with Crippen LogP contribution in [0.5, 0.6) is 0 Å². The lowest BCUT2D eigenvalue weighted by molar-refractivity contribution is -0.148. The maximum atomic E-state index is 12.3.